The molecule has 0 aliphatic carbocycles. The summed E-state index contributed by atoms with van der Waals surface area (Å²) in [6, 6.07) is 15.6. The molecule has 0 radical (unpaired) electrons. The smallest absolute Gasteiger partial charge is 0.241 e. The first-order valence-electron chi connectivity index (χ1n) is 11.2. The predicted octanol–water partition coefficient (Wildman–Crippen LogP) is 3.66. The first kappa shape index (κ1) is 24.3. The molecule has 0 spiro atoms. The zero-order valence-electron chi connectivity index (χ0n) is 19.6. The van der Waals surface area contributed by atoms with E-state index in [-0.39, 0.29) is 17.9 Å². The largest absolute Gasteiger partial charge is 0.350 e. The van der Waals surface area contributed by atoms with Crippen molar-refractivity contribution in [2.45, 2.75) is 52.1 Å². The van der Waals surface area contributed by atoms with Crippen molar-refractivity contribution in [1.82, 2.24) is 10.2 Å². The van der Waals surface area contributed by atoms with Gasteiger partial charge in [0.25, 0.3) is 0 Å². The molecule has 3 rings (SSSR count). The quantitative estimate of drug-likeness (QED) is 0.657. The van der Waals surface area contributed by atoms with Gasteiger partial charge in [0.15, 0.2) is 0 Å². The summed E-state index contributed by atoms with van der Waals surface area (Å²) in [5.74, 6) is -0.337. The van der Waals surface area contributed by atoms with E-state index in [1.807, 2.05) is 24.3 Å². The van der Waals surface area contributed by atoms with Gasteiger partial charge in [0.05, 0.1) is 11.9 Å². The van der Waals surface area contributed by atoms with E-state index in [2.05, 4.69) is 43.1 Å². The summed E-state index contributed by atoms with van der Waals surface area (Å²) in [6.45, 7) is 9.70. The maximum atomic E-state index is 12.5. The molecule has 1 amide bonds. The Labute approximate surface area is 192 Å². The SMILES string of the molecule is CC(C)(C)c1ccc(N(CC(=O)NCc2ccc(CN3CCCC3)cc2)S(C)(=O)=O)cc1. The Morgan fingerprint density at radius 2 is 1.53 bits per heavy atom. The maximum Gasteiger partial charge on any atom is 0.241 e. The Hall–Kier alpha value is -2.38. The summed E-state index contributed by atoms with van der Waals surface area (Å²) in [4.78, 5) is 15.0. The van der Waals surface area contributed by atoms with Crippen molar-refractivity contribution >= 4 is 21.6 Å². The molecule has 2 aromatic carbocycles. The van der Waals surface area contributed by atoms with E-state index in [0.29, 0.717) is 12.2 Å². The lowest BCUT2D eigenvalue weighted by Crippen LogP contribution is -2.40. The summed E-state index contributed by atoms with van der Waals surface area (Å²) < 4.78 is 25.8. The molecular weight excluding hydrogens is 422 g/mol. The summed E-state index contributed by atoms with van der Waals surface area (Å²) in [6.07, 6.45) is 3.67. The Balaban J connectivity index is 1.58. The Morgan fingerprint density at radius 1 is 0.969 bits per heavy atom. The van der Waals surface area contributed by atoms with Gasteiger partial charge in [0.1, 0.15) is 6.54 Å². The van der Waals surface area contributed by atoms with Gasteiger partial charge in [-0.05, 0) is 60.2 Å². The van der Waals surface area contributed by atoms with Crippen LogP contribution in [0.3, 0.4) is 0 Å². The first-order valence-corrected chi connectivity index (χ1v) is 13.0. The van der Waals surface area contributed by atoms with Crippen molar-refractivity contribution in [1.29, 1.82) is 0 Å². The molecule has 7 heteroatoms. The van der Waals surface area contributed by atoms with Crippen LogP contribution in [0, 0.1) is 0 Å². The lowest BCUT2D eigenvalue weighted by atomic mass is 9.87. The van der Waals surface area contributed by atoms with Crippen LogP contribution in [0.2, 0.25) is 0 Å². The molecule has 174 valence electrons. The van der Waals surface area contributed by atoms with E-state index in [1.54, 1.807) is 12.1 Å². The number of benzene rings is 2. The maximum absolute atomic E-state index is 12.5. The Bertz CT molecular complexity index is 1000. The van der Waals surface area contributed by atoms with Crippen molar-refractivity contribution < 1.29 is 13.2 Å². The average molecular weight is 458 g/mol. The molecule has 32 heavy (non-hydrogen) atoms. The molecule has 0 saturated carbocycles. The molecule has 0 aromatic heterocycles. The van der Waals surface area contributed by atoms with Gasteiger partial charge in [-0.15, -0.1) is 0 Å². The van der Waals surface area contributed by atoms with Crippen LogP contribution in [0.1, 0.15) is 50.3 Å². The minimum atomic E-state index is -3.59. The van der Waals surface area contributed by atoms with E-state index >= 15 is 0 Å². The molecule has 0 bridgehead atoms. The lowest BCUT2D eigenvalue weighted by Gasteiger charge is -2.24. The fourth-order valence-electron chi connectivity index (χ4n) is 3.88. The fraction of sp³-hybridized carbons (Fsp3) is 0.480. The number of carbonyl (C=O) groups is 1. The molecular formula is C25H35N3O3S. The summed E-state index contributed by atoms with van der Waals surface area (Å²) in [5.41, 5.74) is 3.82. The van der Waals surface area contributed by atoms with Crippen molar-refractivity contribution in [2.24, 2.45) is 0 Å². The Kier molecular flexibility index (Phi) is 7.62. The lowest BCUT2D eigenvalue weighted by molar-refractivity contribution is -0.119. The van der Waals surface area contributed by atoms with Gasteiger partial charge in [-0.1, -0.05) is 57.2 Å². The number of sulfonamides is 1. The molecule has 1 N–H and O–H groups in total. The fourth-order valence-corrected chi connectivity index (χ4v) is 4.73. The standard InChI is InChI=1S/C25H35N3O3S/c1-25(2,3)22-11-13-23(14-12-22)28(32(4,30)31)19-24(29)26-17-20-7-9-21(10-8-20)18-27-15-5-6-16-27/h7-14H,5-6,15-19H2,1-4H3,(H,26,29). The van der Waals surface area contributed by atoms with Gasteiger partial charge in [-0.25, -0.2) is 8.42 Å². The van der Waals surface area contributed by atoms with Crippen LogP contribution >= 0.6 is 0 Å². The second-order valence-corrected chi connectivity index (χ2v) is 11.5. The first-order chi connectivity index (χ1) is 15.0. The number of amides is 1. The highest BCUT2D eigenvalue weighted by Crippen LogP contribution is 2.25. The van der Waals surface area contributed by atoms with Gasteiger partial charge in [-0.3, -0.25) is 14.0 Å². The van der Waals surface area contributed by atoms with E-state index in [1.165, 1.54) is 18.4 Å². The van der Waals surface area contributed by atoms with E-state index in [0.717, 1.165) is 41.3 Å². The number of hydrogen-bond donors (Lipinski definition) is 1. The van der Waals surface area contributed by atoms with Crippen LogP contribution in [0.15, 0.2) is 48.5 Å². The highest BCUT2D eigenvalue weighted by Gasteiger charge is 2.22. The molecule has 1 aliphatic rings. The van der Waals surface area contributed by atoms with Crippen LogP contribution in [0.4, 0.5) is 5.69 Å². The number of nitrogens with zero attached hydrogens (tertiary/aromatic N) is 2. The zero-order chi connectivity index (χ0) is 23.4. The summed E-state index contributed by atoms with van der Waals surface area (Å²) >= 11 is 0. The second-order valence-electron chi connectivity index (χ2n) is 9.64. The third kappa shape index (κ3) is 6.81. The molecule has 1 heterocycles. The predicted molar refractivity (Wildman–Crippen MR) is 130 cm³/mol. The van der Waals surface area contributed by atoms with Gasteiger partial charge in [-0.2, -0.15) is 0 Å². The van der Waals surface area contributed by atoms with Crippen LogP contribution in [0.25, 0.3) is 0 Å². The number of anilines is 1. The van der Waals surface area contributed by atoms with Crippen LogP contribution < -0.4 is 9.62 Å². The number of rotatable bonds is 8. The Morgan fingerprint density at radius 3 is 2.06 bits per heavy atom. The minimum Gasteiger partial charge on any atom is -0.350 e. The molecule has 2 aromatic rings. The van der Waals surface area contributed by atoms with Crippen molar-refractivity contribution in [2.75, 3.05) is 30.2 Å². The van der Waals surface area contributed by atoms with Crippen LogP contribution in [0.5, 0.6) is 0 Å². The molecule has 1 saturated heterocycles. The second kappa shape index (κ2) is 10.0. The molecule has 0 atom stereocenters. The van der Waals surface area contributed by atoms with Crippen LogP contribution in [-0.2, 0) is 33.3 Å². The number of carbonyl (C=O) groups excluding carboxylic acids is 1. The topological polar surface area (TPSA) is 69.7 Å². The van der Waals surface area contributed by atoms with E-state index in [4.69, 9.17) is 0 Å². The minimum absolute atomic E-state index is 0.0319. The van der Waals surface area contributed by atoms with Gasteiger partial charge in [0, 0.05) is 13.1 Å². The normalized spacial score (nSPS) is 15.0. The number of nitrogens with one attached hydrogen (secondary N) is 1. The number of likely N-dealkylation sites (tertiary alicyclic amines) is 1. The highest BCUT2D eigenvalue weighted by molar-refractivity contribution is 7.92. The molecule has 6 nitrogen and oxygen atoms in total. The third-order valence-corrected chi connectivity index (χ3v) is 6.97. The van der Waals surface area contributed by atoms with Gasteiger partial charge >= 0.3 is 0 Å². The zero-order valence-corrected chi connectivity index (χ0v) is 20.4. The van der Waals surface area contributed by atoms with Crippen molar-refractivity contribution in [3.05, 3.63) is 65.2 Å². The third-order valence-electron chi connectivity index (χ3n) is 5.83. The van der Waals surface area contributed by atoms with E-state index in [9.17, 15) is 13.2 Å². The van der Waals surface area contributed by atoms with E-state index < -0.39 is 10.0 Å². The van der Waals surface area contributed by atoms with Crippen LogP contribution in [-0.4, -0.2) is 45.1 Å². The molecule has 0 unspecified atom stereocenters. The van der Waals surface area contributed by atoms with Crippen molar-refractivity contribution in [3.8, 4) is 0 Å². The molecule has 1 aliphatic heterocycles. The summed E-state index contributed by atoms with van der Waals surface area (Å²) in [5, 5.41) is 2.84. The van der Waals surface area contributed by atoms with Crippen molar-refractivity contribution in [3.63, 3.8) is 0 Å². The number of hydrogen-bond acceptors (Lipinski definition) is 4. The van der Waals surface area contributed by atoms with Gasteiger partial charge in [0.2, 0.25) is 15.9 Å². The molecule has 1 fully saturated rings. The highest BCUT2D eigenvalue weighted by atomic mass is 32.2. The monoisotopic (exact) mass is 457 g/mol. The van der Waals surface area contributed by atoms with Gasteiger partial charge < -0.3 is 5.32 Å². The summed E-state index contributed by atoms with van der Waals surface area (Å²) in [7, 11) is -3.59. The average Bonchev–Trinajstić information content (AvgIpc) is 3.23.